The summed E-state index contributed by atoms with van der Waals surface area (Å²) < 4.78 is 19.0. The Morgan fingerprint density at radius 1 is 1.41 bits per heavy atom. The summed E-state index contributed by atoms with van der Waals surface area (Å²) in [5.74, 6) is 0.560. The fraction of sp³-hybridized carbons (Fsp3) is 0.500. The summed E-state index contributed by atoms with van der Waals surface area (Å²) in [6.07, 6.45) is 0.689. The minimum absolute atomic E-state index is 0.185. The number of amides is 1. The number of quaternary nitrogens is 1. The van der Waals surface area contributed by atoms with Crippen molar-refractivity contribution in [3.8, 4) is 5.75 Å². The molecule has 1 atom stereocenters. The highest BCUT2D eigenvalue weighted by molar-refractivity contribution is 7.43. The van der Waals surface area contributed by atoms with Gasteiger partial charge >= 0.3 is 12.1 Å². The first-order chi connectivity index (χ1) is 12.6. The molecule has 1 amide bonds. The minimum Gasteiger partial charge on any atom is -0.756 e. The van der Waals surface area contributed by atoms with Gasteiger partial charge in [0.05, 0.1) is 19.2 Å². The number of carbonyl (C=O) groups excluding carboxylic acids is 2. The van der Waals surface area contributed by atoms with Gasteiger partial charge in [-0.15, -0.1) is 0 Å². The maximum atomic E-state index is 12.0. The zero-order chi connectivity index (χ0) is 20.6. The first-order valence-corrected chi connectivity index (χ1v) is 9.82. The lowest BCUT2D eigenvalue weighted by Gasteiger charge is -2.16. The Morgan fingerprint density at radius 3 is 2.59 bits per heavy atom. The van der Waals surface area contributed by atoms with Gasteiger partial charge in [0.15, 0.2) is 0 Å². The summed E-state index contributed by atoms with van der Waals surface area (Å²) in [4.78, 5) is 47.8. The van der Waals surface area contributed by atoms with Crippen LogP contribution in [0.5, 0.6) is 5.75 Å². The van der Waals surface area contributed by atoms with Gasteiger partial charge in [0.1, 0.15) is 11.4 Å². The first-order valence-electron chi connectivity index (χ1n) is 8.29. The van der Waals surface area contributed by atoms with Crippen molar-refractivity contribution in [3.05, 3.63) is 23.8 Å². The summed E-state index contributed by atoms with van der Waals surface area (Å²) in [7, 11) is -1.79. The summed E-state index contributed by atoms with van der Waals surface area (Å²) >= 11 is 0. The van der Waals surface area contributed by atoms with Gasteiger partial charge in [0.2, 0.25) is 0 Å². The zero-order valence-electron chi connectivity index (χ0n) is 15.5. The summed E-state index contributed by atoms with van der Waals surface area (Å²) in [6.45, 7) is 3.33. The van der Waals surface area contributed by atoms with Crippen LogP contribution in [0.4, 0.5) is 10.5 Å². The van der Waals surface area contributed by atoms with Gasteiger partial charge < -0.3 is 34.4 Å². The Kier molecular flexibility index (Phi) is 8.87. The Balaban J connectivity index is 0.000000646. The normalized spacial score (nSPS) is 15.3. The number of nitrogens with zero attached hydrogens (tertiary/aromatic N) is 1. The van der Waals surface area contributed by atoms with Crippen molar-refractivity contribution in [1.82, 2.24) is 4.90 Å². The second kappa shape index (κ2) is 10.4. The van der Waals surface area contributed by atoms with E-state index in [1.807, 2.05) is 25.1 Å². The van der Waals surface area contributed by atoms with Crippen LogP contribution in [-0.2, 0) is 14.1 Å². The van der Waals surface area contributed by atoms with Crippen LogP contribution in [0.2, 0.25) is 0 Å². The van der Waals surface area contributed by atoms with E-state index < -0.39 is 7.82 Å². The van der Waals surface area contributed by atoms with Crippen LogP contribution in [0.1, 0.15) is 31.2 Å². The van der Waals surface area contributed by atoms with Gasteiger partial charge in [0, 0.05) is 25.9 Å². The molecule has 1 aromatic rings. The number of hydrogen-bond acceptors (Lipinski definition) is 6. The Morgan fingerprint density at radius 2 is 2.04 bits per heavy atom. The number of esters is 1. The van der Waals surface area contributed by atoms with Crippen LogP contribution in [0.15, 0.2) is 18.2 Å². The second-order valence-electron chi connectivity index (χ2n) is 5.88. The molecule has 1 heterocycles. The maximum Gasteiger partial charge on any atom is 0.414 e. The predicted octanol–water partition coefficient (Wildman–Crippen LogP) is -0.178. The highest BCUT2D eigenvalue weighted by atomic mass is 31.2. The molecule has 0 bridgehead atoms. The molecule has 0 aliphatic carbocycles. The number of carbonyl (C=O) groups is 2. The third-order valence-electron chi connectivity index (χ3n) is 4.04. The van der Waals surface area contributed by atoms with E-state index in [2.05, 4.69) is 5.32 Å². The molecule has 1 aliphatic heterocycles. The van der Waals surface area contributed by atoms with Gasteiger partial charge in [-0.1, -0.05) is 6.07 Å². The fourth-order valence-electron chi connectivity index (χ4n) is 2.61. The monoisotopic (exact) mass is 404 g/mol. The quantitative estimate of drug-likeness (QED) is 0.347. The highest BCUT2D eigenvalue weighted by Crippen LogP contribution is 2.36. The molecule has 10 nitrogen and oxygen atoms in total. The van der Waals surface area contributed by atoms with E-state index in [1.54, 1.807) is 7.05 Å². The van der Waals surface area contributed by atoms with E-state index in [0.717, 1.165) is 17.8 Å². The number of ether oxygens (including phenoxy) is 2. The molecule has 1 unspecified atom stereocenters. The van der Waals surface area contributed by atoms with Crippen molar-refractivity contribution in [3.63, 3.8) is 0 Å². The Bertz CT molecular complexity index is 697. The molecule has 1 aliphatic rings. The van der Waals surface area contributed by atoms with Crippen LogP contribution in [0, 0.1) is 0 Å². The number of fused-ring (bicyclic) bond motifs is 1. The fourth-order valence-corrected chi connectivity index (χ4v) is 2.61. The van der Waals surface area contributed by atoms with E-state index >= 15 is 0 Å². The van der Waals surface area contributed by atoms with Crippen LogP contribution in [-0.4, -0.2) is 54.0 Å². The average molecular weight is 404 g/mol. The summed E-state index contributed by atoms with van der Waals surface area (Å²) in [6, 6.07) is 5.70. The van der Waals surface area contributed by atoms with E-state index in [-0.39, 0.29) is 18.0 Å². The lowest BCUT2D eigenvalue weighted by molar-refractivity contribution is -0.564. The van der Waals surface area contributed by atoms with E-state index in [9.17, 15) is 9.59 Å². The van der Waals surface area contributed by atoms with Crippen LogP contribution < -0.4 is 14.9 Å². The molecule has 11 heteroatoms. The van der Waals surface area contributed by atoms with Crippen molar-refractivity contribution in [2.24, 2.45) is 0 Å². The number of nitrogens with two attached hydrogens (primary N) is 1. The molecule has 1 aromatic carbocycles. The number of methoxy groups -OCH3 is 1. The molecule has 0 fully saturated rings. The third kappa shape index (κ3) is 8.06. The second-order valence-corrected chi connectivity index (χ2v) is 6.86. The number of benzene rings is 1. The van der Waals surface area contributed by atoms with Gasteiger partial charge in [0.25, 0.3) is 7.82 Å². The average Bonchev–Trinajstić information content (AvgIpc) is 3.01. The molecule has 0 saturated heterocycles. The molecule has 152 valence electrons. The highest BCUT2D eigenvalue weighted by Gasteiger charge is 2.31. The molecule has 0 radical (unpaired) electrons. The van der Waals surface area contributed by atoms with Crippen LogP contribution >= 0.6 is 7.82 Å². The smallest absolute Gasteiger partial charge is 0.414 e. The zero-order valence-corrected chi connectivity index (χ0v) is 16.3. The van der Waals surface area contributed by atoms with Gasteiger partial charge in [-0.05, 0) is 25.5 Å². The Hall–Kier alpha value is -1.97. The molecule has 0 spiro atoms. The van der Waals surface area contributed by atoms with E-state index in [0.29, 0.717) is 25.1 Å². The molecular weight excluding hydrogens is 379 g/mol. The molecule has 2 rings (SSSR count). The lowest BCUT2D eigenvalue weighted by atomic mass is 9.95. The van der Waals surface area contributed by atoms with Gasteiger partial charge in [-0.3, -0.25) is 9.36 Å². The van der Waals surface area contributed by atoms with Crippen molar-refractivity contribution in [2.45, 2.75) is 25.7 Å². The molecule has 27 heavy (non-hydrogen) atoms. The van der Waals surface area contributed by atoms with Crippen molar-refractivity contribution in [2.75, 3.05) is 27.2 Å². The standard InChI is InChI=1S/C16H22N2O4.H3O4P/c1-4-18(2)16(20)22-13-7-5-6-12-15(13)11(10-17-12)8-9-14(19)21-3;1-5(2,3)4/h5-7,11,17H,4,8-10H2,1-3H3;(H3,1,2,3,4). The number of rotatable bonds is 5. The largest absolute Gasteiger partial charge is 0.756 e. The lowest BCUT2D eigenvalue weighted by Crippen LogP contribution is -2.76. The van der Waals surface area contributed by atoms with E-state index in [4.69, 9.17) is 28.7 Å². The van der Waals surface area contributed by atoms with Gasteiger partial charge in [-0.2, -0.15) is 0 Å². The minimum atomic E-state index is -4.89. The van der Waals surface area contributed by atoms with Crippen molar-refractivity contribution in [1.29, 1.82) is 0 Å². The number of hydrogen-bond donors (Lipinski definition) is 3. The molecule has 4 N–H and O–H groups in total. The molecule has 0 saturated carbocycles. The van der Waals surface area contributed by atoms with Crippen molar-refractivity contribution < 1.29 is 43.6 Å². The predicted molar refractivity (Wildman–Crippen MR) is 93.3 cm³/mol. The van der Waals surface area contributed by atoms with Crippen molar-refractivity contribution >= 4 is 25.6 Å². The molecular formula is C16H25N2O8P. The van der Waals surface area contributed by atoms with Gasteiger partial charge in [-0.25, -0.2) is 4.79 Å². The van der Waals surface area contributed by atoms with Crippen LogP contribution in [0.3, 0.4) is 0 Å². The summed E-state index contributed by atoms with van der Waals surface area (Å²) in [5.41, 5.74) is 2.10. The SMILES string of the molecule is CCN(C)C(=O)Oc1cccc2c1C(CCC(=O)OC)C[NH2+]2.O=P([O-])(O)O. The van der Waals surface area contributed by atoms with E-state index in [1.165, 1.54) is 12.0 Å². The Labute approximate surface area is 157 Å². The maximum absolute atomic E-state index is 12.0. The van der Waals surface area contributed by atoms with Crippen LogP contribution in [0.25, 0.3) is 0 Å². The molecule has 0 aromatic heterocycles. The third-order valence-corrected chi connectivity index (χ3v) is 4.04. The first kappa shape index (κ1) is 23.1. The topological polar surface area (TPSA) is 153 Å². The summed E-state index contributed by atoms with van der Waals surface area (Å²) in [5, 5.41) is 2.12. The number of phosphoric acid groups is 1.